The maximum atomic E-state index is 9.16. The van der Waals surface area contributed by atoms with Crippen LogP contribution in [0.1, 0.15) is 11.3 Å². The second-order valence-corrected chi connectivity index (χ2v) is 4.82. The van der Waals surface area contributed by atoms with Crippen LogP contribution in [0.25, 0.3) is 0 Å². The van der Waals surface area contributed by atoms with Crippen LogP contribution in [0.5, 0.6) is 0 Å². The maximum Gasteiger partial charge on any atom is 0.0558 e. The van der Waals surface area contributed by atoms with E-state index >= 15 is 0 Å². The molecule has 0 aliphatic heterocycles. The summed E-state index contributed by atoms with van der Waals surface area (Å²) in [6.07, 6.45) is 1.71. The van der Waals surface area contributed by atoms with Crippen molar-refractivity contribution < 1.29 is 5.11 Å². The Morgan fingerprint density at radius 3 is 2.58 bits per heavy atom. The number of hydrogen-bond donors (Lipinski definition) is 1. The van der Waals surface area contributed by atoms with E-state index < -0.39 is 0 Å². The average Bonchev–Trinajstić information content (AvgIpc) is 2.40. The van der Waals surface area contributed by atoms with Crippen molar-refractivity contribution in [1.82, 2.24) is 9.88 Å². The molecule has 1 aromatic heterocycles. The van der Waals surface area contributed by atoms with E-state index in [1.165, 1.54) is 5.56 Å². The van der Waals surface area contributed by atoms with Gasteiger partial charge in [-0.3, -0.25) is 9.88 Å². The lowest BCUT2D eigenvalue weighted by Gasteiger charge is -2.21. The molecule has 100 valence electrons. The van der Waals surface area contributed by atoms with Crippen LogP contribution in [-0.4, -0.2) is 28.1 Å². The van der Waals surface area contributed by atoms with E-state index in [2.05, 4.69) is 22.0 Å². The SMILES string of the molecule is OCCN(Cc1ccccc1)Cc1cc(Cl)ccn1. The number of nitrogens with zero attached hydrogens (tertiary/aromatic N) is 2. The topological polar surface area (TPSA) is 36.4 Å². The normalized spacial score (nSPS) is 10.9. The van der Waals surface area contributed by atoms with Gasteiger partial charge in [0.2, 0.25) is 0 Å². The number of aliphatic hydroxyl groups is 1. The molecule has 4 heteroatoms. The third-order valence-corrected chi connectivity index (χ3v) is 3.06. The quantitative estimate of drug-likeness (QED) is 0.881. The van der Waals surface area contributed by atoms with Crippen LogP contribution in [0.2, 0.25) is 5.02 Å². The summed E-state index contributed by atoms with van der Waals surface area (Å²) in [6.45, 7) is 2.21. The fourth-order valence-corrected chi connectivity index (χ4v) is 2.14. The Balaban J connectivity index is 2.04. The maximum absolute atomic E-state index is 9.16. The lowest BCUT2D eigenvalue weighted by Crippen LogP contribution is -2.26. The Bertz CT molecular complexity index is 505. The third kappa shape index (κ3) is 4.63. The molecule has 0 atom stereocenters. The van der Waals surface area contributed by atoms with Gasteiger partial charge in [0.1, 0.15) is 0 Å². The molecular formula is C15H17ClN2O. The molecule has 0 bridgehead atoms. The molecule has 2 rings (SSSR count). The zero-order chi connectivity index (χ0) is 13.5. The molecule has 3 nitrogen and oxygen atoms in total. The monoisotopic (exact) mass is 276 g/mol. The first-order chi connectivity index (χ1) is 9.28. The van der Waals surface area contributed by atoms with Crippen LogP contribution < -0.4 is 0 Å². The van der Waals surface area contributed by atoms with E-state index in [0.29, 0.717) is 18.1 Å². The van der Waals surface area contributed by atoms with E-state index in [4.69, 9.17) is 16.7 Å². The van der Waals surface area contributed by atoms with Gasteiger partial charge in [-0.15, -0.1) is 0 Å². The fourth-order valence-electron chi connectivity index (χ4n) is 1.96. The molecule has 0 saturated heterocycles. The molecule has 1 aromatic carbocycles. The Morgan fingerprint density at radius 2 is 1.89 bits per heavy atom. The van der Waals surface area contributed by atoms with E-state index in [0.717, 1.165) is 12.2 Å². The molecule has 0 aliphatic rings. The molecule has 0 amide bonds. The predicted octanol–water partition coefficient (Wildman–Crippen LogP) is 2.73. The van der Waals surface area contributed by atoms with Crippen LogP contribution in [0.4, 0.5) is 0 Å². The van der Waals surface area contributed by atoms with Crippen molar-refractivity contribution in [2.45, 2.75) is 13.1 Å². The third-order valence-electron chi connectivity index (χ3n) is 2.83. The highest BCUT2D eigenvalue weighted by Gasteiger charge is 2.07. The molecule has 0 radical (unpaired) electrons. The first kappa shape index (κ1) is 14.0. The lowest BCUT2D eigenvalue weighted by atomic mass is 10.2. The minimum atomic E-state index is 0.132. The van der Waals surface area contributed by atoms with Gasteiger partial charge in [-0.05, 0) is 17.7 Å². The minimum Gasteiger partial charge on any atom is -0.395 e. The van der Waals surface area contributed by atoms with Crippen molar-refractivity contribution in [3.63, 3.8) is 0 Å². The van der Waals surface area contributed by atoms with Crippen LogP contribution in [0, 0.1) is 0 Å². The van der Waals surface area contributed by atoms with E-state index in [1.807, 2.05) is 24.3 Å². The lowest BCUT2D eigenvalue weighted by molar-refractivity contribution is 0.183. The summed E-state index contributed by atoms with van der Waals surface area (Å²) in [5.74, 6) is 0. The van der Waals surface area contributed by atoms with E-state index in [-0.39, 0.29) is 6.61 Å². The minimum absolute atomic E-state index is 0.132. The summed E-state index contributed by atoms with van der Waals surface area (Å²) >= 11 is 5.96. The molecule has 0 saturated carbocycles. The number of benzene rings is 1. The van der Waals surface area contributed by atoms with Crippen molar-refractivity contribution in [3.05, 3.63) is 64.9 Å². The highest BCUT2D eigenvalue weighted by atomic mass is 35.5. The summed E-state index contributed by atoms with van der Waals surface area (Å²) in [6, 6.07) is 13.8. The Hall–Kier alpha value is -1.42. The van der Waals surface area contributed by atoms with Gasteiger partial charge in [-0.1, -0.05) is 41.9 Å². The summed E-state index contributed by atoms with van der Waals surface area (Å²) < 4.78 is 0. The van der Waals surface area contributed by atoms with Crippen molar-refractivity contribution in [3.8, 4) is 0 Å². The summed E-state index contributed by atoms with van der Waals surface area (Å²) in [7, 11) is 0. The number of aliphatic hydroxyl groups excluding tert-OH is 1. The standard InChI is InChI=1S/C15H17ClN2O/c16-14-6-7-17-15(10-14)12-18(8-9-19)11-13-4-2-1-3-5-13/h1-7,10,19H,8-9,11-12H2. The van der Waals surface area contributed by atoms with E-state index in [1.54, 1.807) is 12.3 Å². The van der Waals surface area contributed by atoms with Gasteiger partial charge in [0.15, 0.2) is 0 Å². The predicted molar refractivity (Wildman–Crippen MR) is 76.9 cm³/mol. The van der Waals surface area contributed by atoms with Crippen molar-refractivity contribution in [2.24, 2.45) is 0 Å². The zero-order valence-corrected chi connectivity index (χ0v) is 11.4. The van der Waals surface area contributed by atoms with Crippen molar-refractivity contribution >= 4 is 11.6 Å². The second-order valence-electron chi connectivity index (χ2n) is 4.39. The van der Waals surface area contributed by atoms with Crippen LogP contribution in [0.3, 0.4) is 0 Å². The summed E-state index contributed by atoms with van der Waals surface area (Å²) in [5, 5.41) is 9.85. The highest BCUT2D eigenvalue weighted by Crippen LogP contribution is 2.12. The largest absolute Gasteiger partial charge is 0.395 e. The van der Waals surface area contributed by atoms with Crippen molar-refractivity contribution in [2.75, 3.05) is 13.2 Å². The molecule has 0 spiro atoms. The molecule has 0 aliphatic carbocycles. The van der Waals surface area contributed by atoms with Crippen LogP contribution >= 0.6 is 11.6 Å². The molecule has 0 unspecified atom stereocenters. The second kappa shape index (κ2) is 7.24. The zero-order valence-electron chi connectivity index (χ0n) is 10.7. The van der Waals surface area contributed by atoms with Crippen molar-refractivity contribution in [1.29, 1.82) is 0 Å². The van der Waals surface area contributed by atoms with Crippen LogP contribution in [0.15, 0.2) is 48.7 Å². The Morgan fingerprint density at radius 1 is 1.11 bits per heavy atom. The summed E-state index contributed by atoms with van der Waals surface area (Å²) in [4.78, 5) is 6.44. The number of hydrogen-bond acceptors (Lipinski definition) is 3. The Kier molecular flexibility index (Phi) is 5.33. The molecule has 0 fully saturated rings. The van der Waals surface area contributed by atoms with Gasteiger partial charge in [0, 0.05) is 30.9 Å². The van der Waals surface area contributed by atoms with Gasteiger partial charge in [-0.2, -0.15) is 0 Å². The van der Waals surface area contributed by atoms with Gasteiger partial charge in [-0.25, -0.2) is 0 Å². The van der Waals surface area contributed by atoms with Gasteiger partial charge in [0.05, 0.1) is 12.3 Å². The highest BCUT2D eigenvalue weighted by molar-refractivity contribution is 6.30. The molecule has 2 aromatic rings. The van der Waals surface area contributed by atoms with Gasteiger partial charge >= 0.3 is 0 Å². The van der Waals surface area contributed by atoms with E-state index in [9.17, 15) is 0 Å². The average molecular weight is 277 g/mol. The number of rotatable bonds is 6. The number of aromatic nitrogens is 1. The summed E-state index contributed by atoms with van der Waals surface area (Å²) in [5.41, 5.74) is 2.13. The molecule has 1 heterocycles. The Labute approximate surface area is 118 Å². The molecular weight excluding hydrogens is 260 g/mol. The smallest absolute Gasteiger partial charge is 0.0558 e. The van der Waals surface area contributed by atoms with Gasteiger partial charge in [0.25, 0.3) is 0 Å². The first-order valence-electron chi connectivity index (χ1n) is 6.25. The number of pyridine rings is 1. The molecule has 19 heavy (non-hydrogen) atoms. The fraction of sp³-hybridized carbons (Fsp3) is 0.267. The molecule has 1 N–H and O–H groups in total. The number of halogens is 1. The van der Waals surface area contributed by atoms with Gasteiger partial charge < -0.3 is 5.11 Å². The van der Waals surface area contributed by atoms with Crippen LogP contribution in [-0.2, 0) is 13.1 Å². The first-order valence-corrected chi connectivity index (χ1v) is 6.63.